The number of esters is 1. The first-order valence-electron chi connectivity index (χ1n) is 9.38. The Morgan fingerprint density at radius 1 is 1.28 bits per heavy atom. The number of nitrogens with one attached hydrogen (secondary N) is 1. The Bertz CT molecular complexity index is 1010. The van der Waals surface area contributed by atoms with Gasteiger partial charge in [-0.3, -0.25) is 10.2 Å². The molecule has 12 heteroatoms. The number of pyridine rings is 1. The number of nitrogens with two attached hydrogens (primary N) is 1. The standard InChI is InChI=1S/C20H19F5N4O3/c21-15-4-12(6-28-19(15)29-7-13(8-29)32-10-20(23,24)25)14-3-1-2-11(18(14)22)9-31-17(30)5-16(26)27/h1-4,6,13H,5,7-10H2,(H3,26,27). The lowest BCUT2D eigenvalue weighted by Gasteiger charge is -2.39. The number of alkyl halides is 3. The molecule has 0 spiro atoms. The van der Waals surface area contributed by atoms with E-state index >= 15 is 0 Å². The van der Waals surface area contributed by atoms with Crippen LogP contribution in [-0.2, 0) is 20.9 Å². The third-order valence-corrected chi connectivity index (χ3v) is 4.57. The number of benzene rings is 1. The molecule has 1 aromatic heterocycles. The first kappa shape index (κ1) is 23.4. The molecule has 3 rings (SSSR count). The zero-order valence-electron chi connectivity index (χ0n) is 16.6. The molecule has 1 aromatic carbocycles. The van der Waals surface area contributed by atoms with Gasteiger partial charge in [0.05, 0.1) is 6.10 Å². The van der Waals surface area contributed by atoms with Crippen molar-refractivity contribution in [3.63, 3.8) is 0 Å². The van der Waals surface area contributed by atoms with Crippen molar-refractivity contribution in [2.45, 2.75) is 25.3 Å². The van der Waals surface area contributed by atoms with Crippen LogP contribution in [-0.4, -0.2) is 48.8 Å². The zero-order chi connectivity index (χ0) is 23.5. The molecule has 7 nitrogen and oxygen atoms in total. The Balaban J connectivity index is 1.66. The number of carbonyl (C=O) groups is 1. The predicted molar refractivity (Wildman–Crippen MR) is 104 cm³/mol. The summed E-state index contributed by atoms with van der Waals surface area (Å²) in [4.78, 5) is 16.9. The molecule has 0 radical (unpaired) electrons. The van der Waals surface area contributed by atoms with Crippen molar-refractivity contribution in [2.24, 2.45) is 5.73 Å². The Kier molecular flexibility index (Phi) is 6.92. The van der Waals surface area contributed by atoms with E-state index in [4.69, 9.17) is 20.6 Å². The summed E-state index contributed by atoms with van der Waals surface area (Å²) in [5.74, 6) is -2.75. The van der Waals surface area contributed by atoms with Crippen LogP contribution in [0.15, 0.2) is 30.5 Å². The monoisotopic (exact) mass is 458 g/mol. The molecular weight excluding hydrogens is 439 g/mol. The van der Waals surface area contributed by atoms with E-state index in [0.29, 0.717) is 0 Å². The van der Waals surface area contributed by atoms with Crippen LogP contribution in [0.5, 0.6) is 0 Å². The summed E-state index contributed by atoms with van der Waals surface area (Å²) in [5.41, 5.74) is 5.30. The number of aromatic nitrogens is 1. The van der Waals surface area contributed by atoms with Gasteiger partial charge in [-0.1, -0.05) is 18.2 Å². The first-order valence-corrected chi connectivity index (χ1v) is 9.38. The molecule has 0 amide bonds. The van der Waals surface area contributed by atoms with Crippen molar-refractivity contribution in [1.29, 1.82) is 5.41 Å². The van der Waals surface area contributed by atoms with E-state index in [2.05, 4.69) is 4.98 Å². The second kappa shape index (κ2) is 9.47. The average molecular weight is 458 g/mol. The molecule has 0 saturated carbocycles. The molecule has 0 bridgehead atoms. The Labute approximate surface area is 179 Å². The normalized spacial score (nSPS) is 14.2. The maximum absolute atomic E-state index is 14.8. The molecule has 0 unspecified atom stereocenters. The minimum absolute atomic E-state index is 0.0260. The van der Waals surface area contributed by atoms with Gasteiger partial charge in [0.25, 0.3) is 0 Å². The number of ether oxygens (including phenoxy) is 2. The van der Waals surface area contributed by atoms with Gasteiger partial charge < -0.3 is 20.1 Å². The molecule has 0 aliphatic carbocycles. The summed E-state index contributed by atoms with van der Waals surface area (Å²) in [6.45, 7) is -1.67. The molecule has 3 N–H and O–H groups in total. The maximum atomic E-state index is 14.8. The van der Waals surface area contributed by atoms with Gasteiger partial charge in [-0.15, -0.1) is 0 Å². The fourth-order valence-corrected chi connectivity index (χ4v) is 3.02. The summed E-state index contributed by atoms with van der Waals surface area (Å²) >= 11 is 0. The Morgan fingerprint density at radius 3 is 2.62 bits per heavy atom. The molecule has 0 atom stereocenters. The highest BCUT2D eigenvalue weighted by Gasteiger charge is 2.35. The highest BCUT2D eigenvalue weighted by molar-refractivity contribution is 5.94. The summed E-state index contributed by atoms with van der Waals surface area (Å²) in [6.07, 6.45) is -4.30. The van der Waals surface area contributed by atoms with Gasteiger partial charge in [-0.05, 0) is 6.07 Å². The highest BCUT2D eigenvalue weighted by Crippen LogP contribution is 2.30. The quantitative estimate of drug-likeness (QED) is 0.273. The lowest BCUT2D eigenvalue weighted by Crippen LogP contribution is -2.53. The van der Waals surface area contributed by atoms with E-state index < -0.39 is 49.5 Å². The molecular formula is C20H19F5N4O3. The zero-order valence-corrected chi connectivity index (χ0v) is 16.6. The summed E-state index contributed by atoms with van der Waals surface area (Å²) in [7, 11) is 0. The fourth-order valence-electron chi connectivity index (χ4n) is 3.02. The molecule has 172 valence electrons. The lowest BCUT2D eigenvalue weighted by atomic mass is 10.0. The first-order chi connectivity index (χ1) is 15.0. The van der Waals surface area contributed by atoms with Crippen molar-refractivity contribution in [3.05, 3.63) is 47.7 Å². The highest BCUT2D eigenvalue weighted by atomic mass is 19.4. The number of rotatable bonds is 8. The van der Waals surface area contributed by atoms with Crippen LogP contribution in [0.3, 0.4) is 0 Å². The number of nitrogens with zero attached hydrogens (tertiary/aromatic N) is 2. The summed E-state index contributed by atoms with van der Waals surface area (Å²) in [5, 5.41) is 7.04. The van der Waals surface area contributed by atoms with E-state index in [1.807, 2.05) is 0 Å². The van der Waals surface area contributed by atoms with Crippen molar-refractivity contribution in [2.75, 3.05) is 24.6 Å². The molecule has 1 aliphatic rings. The molecule has 2 aromatic rings. The van der Waals surface area contributed by atoms with Crippen LogP contribution >= 0.6 is 0 Å². The molecule has 1 aliphatic heterocycles. The van der Waals surface area contributed by atoms with E-state index in [-0.39, 0.29) is 41.4 Å². The Hall–Kier alpha value is -3.28. The number of carbonyl (C=O) groups excluding carboxylic acids is 1. The Morgan fingerprint density at radius 2 is 2.00 bits per heavy atom. The summed E-state index contributed by atoms with van der Waals surface area (Å²) in [6, 6.07) is 5.35. The molecule has 2 heterocycles. The number of hydrogen-bond acceptors (Lipinski definition) is 6. The van der Waals surface area contributed by atoms with Crippen molar-refractivity contribution in [1.82, 2.24) is 4.98 Å². The second-order valence-corrected chi connectivity index (χ2v) is 7.12. The topological polar surface area (TPSA) is 102 Å². The largest absolute Gasteiger partial charge is 0.460 e. The molecule has 32 heavy (non-hydrogen) atoms. The van der Waals surface area contributed by atoms with Crippen molar-refractivity contribution >= 4 is 17.6 Å². The third kappa shape index (κ3) is 5.90. The van der Waals surface area contributed by atoms with Crippen LogP contribution in [0.4, 0.5) is 27.8 Å². The van der Waals surface area contributed by atoms with Gasteiger partial charge in [-0.25, -0.2) is 13.8 Å². The van der Waals surface area contributed by atoms with E-state index in [1.165, 1.54) is 29.3 Å². The van der Waals surface area contributed by atoms with Gasteiger partial charge in [0.15, 0.2) is 11.6 Å². The number of hydrogen-bond donors (Lipinski definition) is 2. The van der Waals surface area contributed by atoms with Crippen LogP contribution < -0.4 is 10.6 Å². The van der Waals surface area contributed by atoms with Gasteiger partial charge in [0, 0.05) is 36.0 Å². The van der Waals surface area contributed by atoms with Crippen LogP contribution in [0.1, 0.15) is 12.0 Å². The molecule has 1 fully saturated rings. The van der Waals surface area contributed by atoms with Crippen LogP contribution in [0.2, 0.25) is 0 Å². The van der Waals surface area contributed by atoms with E-state index in [0.717, 1.165) is 6.07 Å². The van der Waals surface area contributed by atoms with E-state index in [1.54, 1.807) is 0 Å². The molecule has 1 saturated heterocycles. The predicted octanol–water partition coefficient (Wildman–Crippen LogP) is 3.16. The maximum Gasteiger partial charge on any atom is 0.411 e. The van der Waals surface area contributed by atoms with Crippen molar-refractivity contribution in [3.8, 4) is 11.1 Å². The van der Waals surface area contributed by atoms with E-state index in [9.17, 15) is 26.7 Å². The average Bonchev–Trinajstić information content (AvgIpc) is 2.65. The van der Waals surface area contributed by atoms with Gasteiger partial charge in [0.2, 0.25) is 0 Å². The summed E-state index contributed by atoms with van der Waals surface area (Å²) < 4.78 is 75.5. The third-order valence-electron chi connectivity index (χ3n) is 4.57. The number of amidine groups is 1. The van der Waals surface area contributed by atoms with Crippen LogP contribution in [0, 0.1) is 17.0 Å². The fraction of sp³-hybridized carbons (Fsp3) is 0.350. The minimum atomic E-state index is -4.43. The van der Waals surface area contributed by atoms with Gasteiger partial charge >= 0.3 is 12.1 Å². The number of halogens is 5. The van der Waals surface area contributed by atoms with Gasteiger partial charge in [0.1, 0.15) is 31.3 Å². The smallest absolute Gasteiger partial charge is 0.411 e. The lowest BCUT2D eigenvalue weighted by molar-refractivity contribution is -0.187. The van der Waals surface area contributed by atoms with Crippen LogP contribution in [0.25, 0.3) is 11.1 Å². The van der Waals surface area contributed by atoms with Crippen molar-refractivity contribution < 1.29 is 36.2 Å². The SMILES string of the molecule is N=C(N)CC(=O)OCc1cccc(-c2cnc(N3CC(OCC(F)(F)F)C3)c(F)c2)c1F. The minimum Gasteiger partial charge on any atom is -0.460 e. The number of anilines is 1. The van der Waals surface area contributed by atoms with Gasteiger partial charge in [-0.2, -0.15) is 13.2 Å². The second-order valence-electron chi connectivity index (χ2n) is 7.12.